The summed E-state index contributed by atoms with van der Waals surface area (Å²) in [5.41, 5.74) is 2.90. The highest BCUT2D eigenvalue weighted by Crippen LogP contribution is 2.41. The fourth-order valence-corrected chi connectivity index (χ4v) is 4.52. The summed E-state index contributed by atoms with van der Waals surface area (Å²) in [6.07, 6.45) is 11.3. The van der Waals surface area contributed by atoms with Gasteiger partial charge in [-0.2, -0.15) is 0 Å². The van der Waals surface area contributed by atoms with Gasteiger partial charge in [-0.25, -0.2) is 0 Å². The highest BCUT2D eigenvalue weighted by Gasteiger charge is 2.36. The second-order valence-corrected chi connectivity index (χ2v) is 7.20. The first-order chi connectivity index (χ1) is 10.3. The average Bonchev–Trinajstić information content (AvgIpc) is 2.94. The van der Waals surface area contributed by atoms with E-state index >= 15 is 0 Å². The van der Waals surface area contributed by atoms with E-state index in [1.54, 1.807) is 0 Å². The number of aryl methyl sites for hydroxylation is 1. The van der Waals surface area contributed by atoms with Gasteiger partial charge < -0.3 is 5.32 Å². The van der Waals surface area contributed by atoms with Crippen LogP contribution in [-0.4, -0.2) is 17.6 Å². The Kier molecular flexibility index (Phi) is 4.95. The molecule has 0 aliphatic heterocycles. The number of pyridine rings is 1. The van der Waals surface area contributed by atoms with Gasteiger partial charge in [0.2, 0.25) is 0 Å². The van der Waals surface area contributed by atoms with Gasteiger partial charge in [-0.05, 0) is 68.5 Å². The summed E-state index contributed by atoms with van der Waals surface area (Å²) in [7, 11) is 0. The monoisotopic (exact) mass is 286 g/mol. The normalized spacial score (nSPS) is 30.1. The lowest BCUT2D eigenvalue weighted by molar-refractivity contribution is 0.281. The predicted molar refractivity (Wildman–Crippen MR) is 88.5 cm³/mol. The summed E-state index contributed by atoms with van der Waals surface area (Å²) in [6.45, 7) is 5.84. The average molecular weight is 286 g/mol. The maximum atomic E-state index is 4.78. The van der Waals surface area contributed by atoms with E-state index in [1.807, 2.05) is 6.20 Å². The van der Waals surface area contributed by atoms with E-state index in [0.29, 0.717) is 12.0 Å². The van der Waals surface area contributed by atoms with E-state index in [2.05, 4.69) is 31.3 Å². The lowest BCUT2D eigenvalue weighted by atomic mass is 9.76. The quantitative estimate of drug-likeness (QED) is 0.872. The zero-order valence-corrected chi connectivity index (χ0v) is 13.6. The summed E-state index contributed by atoms with van der Waals surface area (Å²) in [5.74, 6) is 2.40. The van der Waals surface area contributed by atoms with Crippen molar-refractivity contribution in [1.82, 2.24) is 10.3 Å². The van der Waals surface area contributed by atoms with Crippen LogP contribution >= 0.6 is 0 Å². The van der Waals surface area contributed by atoms with Crippen LogP contribution < -0.4 is 5.32 Å². The van der Waals surface area contributed by atoms with Crippen molar-refractivity contribution in [1.29, 1.82) is 0 Å². The van der Waals surface area contributed by atoms with Gasteiger partial charge in [-0.15, -0.1) is 0 Å². The molecule has 2 aliphatic rings. The smallest absolute Gasteiger partial charge is 0.0482 e. The molecule has 0 spiro atoms. The van der Waals surface area contributed by atoms with Crippen molar-refractivity contribution in [3.8, 4) is 0 Å². The van der Waals surface area contributed by atoms with E-state index < -0.39 is 0 Å². The van der Waals surface area contributed by atoms with Crippen LogP contribution in [0.3, 0.4) is 0 Å². The van der Waals surface area contributed by atoms with Crippen LogP contribution in [0.15, 0.2) is 18.3 Å². The minimum atomic E-state index is 0.636. The SMILES string of the molecule is CCCNC(C1CCC(C)C1)C1CCCc2cccnc21. The zero-order valence-electron chi connectivity index (χ0n) is 13.6. The van der Waals surface area contributed by atoms with Crippen molar-refractivity contribution in [3.05, 3.63) is 29.6 Å². The molecule has 1 aromatic heterocycles. The number of aromatic nitrogens is 1. The van der Waals surface area contributed by atoms with Gasteiger partial charge in [-0.3, -0.25) is 4.98 Å². The maximum Gasteiger partial charge on any atom is 0.0482 e. The Morgan fingerprint density at radius 2 is 2.24 bits per heavy atom. The number of nitrogens with one attached hydrogen (secondary N) is 1. The first-order valence-corrected chi connectivity index (χ1v) is 8.96. The van der Waals surface area contributed by atoms with Gasteiger partial charge >= 0.3 is 0 Å². The summed E-state index contributed by atoms with van der Waals surface area (Å²) >= 11 is 0. The summed E-state index contributed by atoms with van der Waals surface area (Å²) in [6, 6.07) is 5.04. The van der Waals surface area contributed by atoms with E-state index in [-0.39, 0.29) is 0 Å². The Morgan fingerprint density at radius 3 is 3.00 bits per heavy atom. The van der Waals surface area contributed by atoms with Crippen molar-refractivity contribution >= 4 is 0 Å². The van der Waals surface area contributed by atoms with Crippen LogP contribution in [0.4, 0.5) is 0 Å². The van der Waals surface area contributed by atoms with Gasteiger partial charge in [0, 0.05) is 23.9 Å². The van der Waals surface area contributed by atoms with Crippen molar-refractivity contribution in [2.75, 3.05) is 6.54 Å². The predicted octanol–water partition coefficient (Wildman–Crippen LogP) is 4.31. The molecular weight excluding hydrogens is 256 g/mol. The third-order valence-electron chi connectivity index (χ3n) is 5.55. The first kappa shape index (κ1) is 15.0. The lowest BCUT2D eigenvalue weighted by Crippen LogP contribution is -2.42. The summed E-state index contributed by atoms with van der Waals surface area (Å²) in [5, 5.41) is 3.90. The molecule has 0 saturated heterocycles. The Labute approximate surface area is 129 Å². The molecule has 0 amide bonds. The van der Waals surface area contributed by atoms with Crippen LogP contribution in [0.1, 0.15) is 69.5 Å². The molecule has 2 heteroatoms. The van der Waals surface area contributed by atoms with Gasteiger partial charge in [0.15, 0.2) is 0 Å². The molecule has 116 valence electrons. The third-order valence-corrected chi connectivity index (χ3v) is 5.55. The number of nitrogens with zero attached hydrogens (tertiary/aromatic N) is 1. The second kappa shape index (κ2) is 6.91. The van der Waals surface area contributed by atoms with Gasteiger partial charge in [0.1, 0.15) is 0 Å². The van der Waals surface area contributed by atoms with E-state index in [4.69, 9.17) is 4.98 Å². The highest BCUT2D eigenvalue weighted by molar-refractivity contribution is 5.27. The standard InChI is InChI=1S/C19H30N2/c1-3-11-20-19(16-10-9-14(2)13-16)17-8-4-6-15-7-5-12-21-18(15)17/h5,7,12,14,16-17,19-20H,3-4,6,8-11,13H2,1-2H3. The Hall–Kier alpha value is -0.890. The van der Waals surface area contributed by atoms with Crippen molar-refractivity contribution in [3.63, 3.8) is 0 Å². The number of hydrogen-bond donors (Lipinski definition) is 1. The topological polar surface area (TPSA) is 24.9 Å². The van der Waals surface area contributed by atoms with Crippen LogP contribution in [0.25, 0.3) is 0 Å². The molecule has 2 aliphatic carbocycles. The molecule has 0 aromatic carbocycles. The molecule has 0 bridgehead atoms. The molecule has 4 unspecified atom stereocenters. The van der Waals surface area contributed by atoms with E-state index in [0.717, 1.165) is 18.4 Å². The number of hydrogen-bond acceptors (Lipinski definition) is 2. The molecule has 21 heavy (non-hydrogen) atoms. The Bertz CT molecular complexity index is 457. The molecule has 1 fully saturated rings. The molecule has 1 heterocycles. The van der Waals surface area contributed by atoms with Crippen LogP contribution in [0.5, 0.6) is 0 Å². The van der Waals surface area contributed by atoms with E-state index in [1.165, 1.54) is 56.2 Å². The molecule has 0 radical (unpaired) electrons. The maximum absolute atomic E-state index is 4.78. The van der Waals surface area contributed by atoms with Crippen LogP contribution in [-0.2, 0) is 6.42 Å². The number of rotatable bonds is 5. The van der Waals surface area contributed by atoms with Crippen molar-refractivity contribution in [2.45, 2.75) is 70.8 Å². The Balaban J connectivity index is 1.83. The van der Waals surface area contributed by atoms with Crippen molar-refractivity contribution < 1.29 is 0 Å². The molecule has 3 rings (SSSR count). The van der Waals surface area contributed by atoms with Crippen LogP contribution in [0.2, 0.25) is 0 Å². The minimum absolute atomic E-state index is 0.636. The van der Waals surface area contributed by atoms with Gasteiger partial charge in [0.05, 0.1) is 0 Å². The molecule has 4 atom stereocenters. The van der Waals surface area contributed by atoms with Gasteiger partial charge in [-0.1, -0.05) is 26.3 Å². The summed E-state index contributed by atoms with van der Waals surface area (Å²) < 4.78 is 0. The fraction of sp³-hybridized carbons (Fsp3) is 0.737. The minimum Gasteiger partial charge on any atom is -0.313 e. The molecular formula is C19H30N2. The third kappa shape index (κ3) is 3.31. The largest absolute Gasteiger partial charge is 0.313 e. The molecule has 1 aromatic rings. The van der Waals surface area contributed by atoms with Gasteiger partial charge in [0.25, 0.3) is 0 Å². The second-order valence-electron chi connectivity index (χ2n) is 7.20. The zero-order chi connectivity index (χ0) is 14.7. The lowest BCUT2D eigenvalue weighted by Gasteiger charge is -2.36. The fourth-order valence-electron chi connectivity index (χ4n) is 4.52. The first-order valence-electron chi connectivity index (χ1n) is 8.96. The van der Waals surface area contributed by atoms with Crippen LogP contribution in [0, 0.1) is 11.8 Å². The molecule has 2 nitrogen and oxygen atoms in total. The highest BCUT2D eigenvalue weighted by atomic mass is 14.9. The molecule has 1 N–H and O–H groups in total. The summed E-state index contributed by atoms with van der Waals surface area (Å²) in [4.78, 5) is 4.78. The van der Waals surface area contributed by atoms with Crippen molar-refractivity contribution in [2.24, 2.45) is 11.8 Å². The van der Waals surface area contributed by atoms with E-state index in [9.17, 15) is 0 Å². The number of fused-ring (bicyclic) bond motifs is 1. The molecule has 1 saturated carbocycles. The Morgan fingerprint density at radius 1 is 1.33 bits per heavy atom.